The first-order valence-electron chi connectivity index (χ1n) is 6.89. The van der Waals surface area contributed by atoms with Gasteiger partial charge >= 0.3 is 0 Å². The molecule has 0 fully saturated rings. The molecule has 4 heteroatoms. The van der Waals surface area contributed by atoms with Crippen LogP contribution in [0, 0.1) is 19.8 Å². The molecule has 18 heavy (non-hydrogen) atoms. The van der Waals surface area contributed by atoms with Gasteiger partial charge in [-0.15, -0.1) is 0 Å². The lowest BCUT2D eigenvalue weighted by molar-refractivity contribution is -0.117. The van der Waals surface area contributed by atoms with Crippen LogP contribution in [0.25, 0.3) is 0 Å². The molecule has 0 radical (unpaired) electrons. The predicted molar refractivity (Wildman–Crippen MR) is 74.6 cm³/mol. The normalized spacial score (nSPS) is 12.4. The molecular weight excluding hydrogens is 226 g/mol. The highest BCUT2D eigenvalue weighted by atomic mass is 16.1. The van der Waals surface area contributed by atoms with E-state index in [2.05, 4.69) is 29.4 Å². The van der Waals surface area contributed by atoms with Gasteiger partial charge in [-0.1, -0.05) is 33.1 Å². The first-order valence-corrected chi connectivity index (χ1v) is 6.89. The summed E-state index contributed by atoms with van der Waals surface area (Å²) in [5.74, 6) is 0.600. The average molecular weight is 251 g/mol. The molecule has 0 saturated carbocycles. The van der Waals surface area contributed by atoms with Crippen molar-refractivity contribution in [3.63, 3.8) is 0 Å². The molecule has 0 aliphatic heterocycles. The number of nitrogens with zero attached hydrogens (tertiary/aromatic N) is 1. The van der Waals surface area contributed by atoms with Crippen molar-refractivity contribution in [1.82, 2.24) is 10.2 Å². The quantitative estimate of drug-likeness (QED) is 0.778. The van der Waals surface area contributed by atoms with E-state index in [1.165, 1.54) is 12.8 Å². The minimum absolute atomic E-state index is 0.102. The van der Waals surface area contributed by atoms with E-state index < -0.39 is 0 Å². The Kier molecular flexibility index (Phi) is 5.89. The van der Waals surface area contributed by atoms with Crippen molar-refractivity contribution < 1.29 is 4.79 Å². The Labute approximate surface area is 110 Å². The standard InChI is InChI=1S/C14H25N3O/c1-5-7-8-12(6-2)9-13(18)15-14-10(3)16-17-11(14)4/h12H,5-9H2,1-4H3,(H,15,18)(H,16,17). The maximum atomic E-state index is 12.0. The van der Waals surface area contributed by atoms with Gasteiger partial charge in [-0.3, -0.25) is 9.89 Å². The maximum Gasteiger partial charge on any atom is 0.224 e. The van der Waals surface area contributed by atoms with Crippen LogP contribution in [0.4, 0.5) is 5.69 Å². The molecule has 0 aliphatic carbocycles. The molecule has 0 saturated heterocycles. The number of carbonyl (C=O) groups excluding carboxylic acids is 1. The van der Waals surface area contributed by atoms with Gasteiger partial charge in [-0.25, -0.2) is 0 Å². The lowest BCUT2D eigenvalue weighted by atomic mass is 9.95. The summed E-state index contributed by atoms with van der Waals surface area (Å²) in [6.07, 6.45) is 5.22. The summed E-state index contributed by atoms with van der Waals surface area (Å²) in [7, 11) is 0. The number of amides is 1. The smallest absolute Gasteiger partial charge is 0.224 e. The number of anilines is 1. The van der Waals surface area contributed by atoms with E-state index in [9.17, 15) is 4.79 Å². The molecule has 1 unspecified atom stereocenters. The molecule has 1 aromatic rings. The monoisotopic (exact) mass is 251 g/mol. The van der Waals surface area contributed by atoms with Crippen LogP contribution in [0.2, 0.25) is 0 Å². The lowest BCUT2D eigenvalue weighted by Gasteiger charge is -2.14. The Hall–Kier alpha value is -1.32. The van der Waals surface area contributed by atoms with E-state index in [1.807, 2.05) is 13.8 Å². The molecule has 1 rings (SSSR count). The van der Waals surface area contributed by atoms with Gasteiger partial charge in [0.05, 0.1) is 17.1 Å². The predicted octanol–water partition coefficient (Wildman–Crippen LogP) is 3.57. The fourth-order valence-corrected chi connectivity index (χ4v) is 2.13. The number of nitrogens with one attached hydrogen (secondary N) is 2. The number of aromatic amines is 1. The average Bonchev–Trinajstić information content (AvgIpc) is 2.66. The second-order valence-corrected chi connectivity index (χ2v) is 4.98. The first-order chi connectivity index (χ1) is 8.58. The van der Waals surface area contributed by atoms with Crippen LogP contribution in [-0.4, -0.2) is 16.1 Å². The van der Waals surface area contributed by atoms with Crippen molar-refractivity contribution in [2.24, 2.45) is 5.92 Å². The molecule has 2 N–H and O–H groups in total. The minimum atomic E-state index is 0.102. The maximum absolute atomic E-state index is 12.0. The molecule has 1 aromatic heterocycles. The number of rotatable bonds is 7. The number of carbonyl (C=O) groups is 1. The van der Waals surface area contributed by atoms with E-state index in [1.54, 1.807) is 0 Å². The van der Waals surface area contributed by atoms with Gasteiger partial charge in [0, 0.05) is 6.42 Å². The number of hydrogen-bond acceptors (Lipinski definition) is 2. The third-order valence-electron chi connectivity index (χ3n) is 3.41. The van der Waals surface area contributed by atoms with E-state index in [-0.39, 0.29) is 5.91 Å². The van der Waals surface area contributed by atoms with Crippen molar-refractivity contribution in [3.8, 4) is 0 Å². The Morgan fingerprint density at radius 2 is 2.11 bits per heavy atom. The van der Waals surface area contributed by atoms with Crippen molar-refractivity contribution >= 4 is 11.6 Å². The highest BCUT2D eigenvalue weighted by Crippen LogP contribution is 2.20. The summed E-state index contributed by atoms with van der Waals surface area (Å²) in [4.78, 5) is 12.0. The first kappa shape index (κ1) is 14.7. The van der Waals surface area contributed by atoms with Crippen LogP contribution in [0.1, 0.15) is 57.3 Å². The SMILES string of the molecule is CCCCC(CC)CC(=O)Nc1c(C)n[nH]c1C. The number of aromatic nitrogens is 2. The van der Waals surface area contributed by atoms with Crippen molar-refractivity contribution in [2.75, 3.05) is 5.32 Å². The molecule has 0 spiro atoms. The van der Waals surface area contributed by atoms with Gasteiger partial charge in [0.15, 0.2) is 0 Å². The summed E-state index contributed by atoms with van der Waals surface area (Å²) in [5, 5.41) is 9.92. The zero-order chi connectivity index (χ0) is 13.5. The van der Waals surface area contributed by atoms with Gasteiger partial charge in [0.1, 0.15) is 0 Å². The summed E-state index contributed by atoms with van der Waals surface area (Å²) >= 11 is 0. The molecule has 0 aliphatic rings. The molecule has 4 nitrogen and oxygen atoms in total. The van der Waals surface area contributed by atoms with Crippen LogP contribution in [-0.2, 0) is 4.79 Å². The molecule has 0 bridgehead atoms. The topological polar surface area (TPSA) is 57.8 Å². The zero-order valence-corrected chi connectivity index (χ0v) is 12.0. The van der Waals surface area contributed by atoms with Gasteiger partial charge in [-0.05, 0) is 26.2 Å². The molecule has 1 atom stereocenters. The van der Waals surface area contributed by atoms with Crippen LogP contribution in [0.3, 0.4) is 0 Å². The Balaban J connectivity index is 2.50. The van der Waals surface area contributed by atoms with E-state index in [0.717, 1.165) is 29.9 Å². The number of unbranched alkanes of at least 4 members (excludes halogenated alkanes) is 1. The van der Waals surface area contributed by atoms with Crippen LogP contribution < -0.4 is 5.32 Å². The molecule has 1 amide bonds. The second kappa shape index (κ2) is 7.19. The fourth-order valence-electron chi connectivity index (χ4n) is 2.13. The summed E-state index contributed by atoms with van der Waals surface area (Å²) in [5.41, 5.74) is 2.61. The van der Waals surface area contributed by atoms with Crippen molar-refractivity contribution in [3.05, 3.63) is 11.4 Å². The lowest BCUT2D eigenvalue weighted by Crippen LogP contribution is -2.17. The van der Waals surface area contributed by atoms with Crippen molar-refractivity contribution in [2.45, 2.75) is 59.8 Å². The zero-order valence-electron chi connectivity index (χ0n) is 12.0. The number of aryl methyl sites for hydroxylation is 2. The van der Waals surface area contributed by atoms with E-state index >= 15 is 0 Å². The minimum Gasteiger partial charge on any atom is -0.323 e. The van der Waals surface area contributed by atoms with E-state index in [4.69, 9.17) is 0 Å². The Bertz CT molecular complexity index is 365. The Morgan fingerprint density at radius 3 is 2.61 bits per heavy atom. The number of hydrogen-bond donors (Lipinski definition) is 2. The van der Waals surface area contributed by atoms with Crippen LogP contribution >= 0.6 is 0 Å². The molecule has 102 valence electrons. The summed E-state index contributed by atoms with van der Waals surface area (Å²) < 4.78 is 0. The summed E-state index contributed by atoms with van der Waals surface area (Å²) in [6.45, 7) is 8.16. The molecule has 1 heterocycles. The van der Waals surface area contributed by atoms with Crippen molar-refractivity contribution in [1.29, 1.82) is 0 Å². The molecular formula is C14H25N3O. The molecule has 0 aromatic carbocycles. The third-order valence-corrected chi connectivity index (χ3v) is 3.41. The fraction of sp³-hybridized carbons (Fsp3) is 0.714. The van der Waals surface area contributed by atoms with Gasteiger partial charge in [0.2, 0.25) is 5.91 Å². The summed E-state index contributed by atoms with van der Waals surface area (Å²) in [6, 6.07) is 0. The third kappa shape index (κ3) is 4.17. The highest BCUT2D eigenvalue weighted by molar-refractivity contribution is 5.91. The van der Waals surface area contributed by atoms with Gasteiger partial charge < -0.3 is 5.32 Å². The van der Waals surface area contributed by atoms with Crippen LogP contribution in [0.15, 0.2) is 0 Å². The highest BCUT2D eigenvalue weighted by Gasteiger charge is 2.14. The second-order valence-electron chi connectivity index (χ2n) is 4.98. The van der Waals surface area contributed by atoms with Gasteiger partial charge in [-0.2, -0.15) is 5.10 Å². The largest absolute Gasteiger partial charge is 0.323 e. The van der Waals surface area contributed by atoms with Crippen LogP contribution in [0.5, 0.6) is 0 Å². The number of H-pyrrole nitrogens is 1. The Morgan fingerprint density at radius 1 is 1.39 bits per heavy atom. The van der Waals surface area contributed by atoms with E-state index in [0.29, 0.717) is 12.3 Å². The van der Waals surface area contributed by atoms with Gasteiger partial charge in [0.25, 0.3) is 0 Å².